The predicted molar refractivity (Wildman–Crippen MR) is 58.3 cm³/mol. The maximum absolute atomic E-state index is 11.1. The summed E-state index contributed by atoms with van der Waals surface area (Å²) in [6, 6.07) is 0. The number of hydrogen-bond donors (Lipinski definition) is 0. The monoisotopic (exact) mass is 290 g/mol. The molecule has 0 radical (unpaired) electrons. The van der Waals surface area contributed by atoms with Crippen LogP contribution in [-0.2, 0) is 4.57 Å². The molecule has 0 saturated heterocycles. The van der Waals surface area contributed by atoms with Crippen molar-refractivity contribution in [1.29, 1.82) is 0 Å². The molecule has 0 bridgehead atoms. The van der Waals surface area contributed by atoms with Gasteiger partial charge in [-0.25, -0.2) is 0 Å². The second kappa shape index (κ2) is 5.53. The van der Waals surface area contributed by atoms with E-state index in [-0.39, 0.29) is 6.42 Å². The predicted octanol–water partition coefficient (Wildman–Crippen LogP) is 5.20. The smallest absolute Gasteiger partial charge is 0.286 e. The van der Waals surface area contributed by atoms with Crippen molar-refractivity contribution in [1.82, 2.24) is 0 Å². The van der Waals surface area contributed by atoms with Crippen LogP contribution in [-0.4, -0.2) is 9.95 Å². The van der Waals surface area contributed by atoms with Gasteiger partial charge in [0.25, 0.3) is 5.85 Å². The molecule has 0 aliphatic carbocycles. The number of rotatable bonds is 5. The molecule has 0 aromatic carbocycles. The van der Waals surface area contributed by atoms with Crippen molar-refractivity contribution in [2.45, 2.75) is 23.3 Å². The van der Waals surface area contributed by atoms with Crippen LogP contribution in [0.4, 0.5) is 0 Å². The van der Waals surface area contributed by atoms with Crippen molar-refractivity contribution in [3.05, 3.63) is 0 Å². The fourth-order valence-corrected chi connectivity index (χ4v) is 1.94. The number of alkyl halides is 3. The van der Waals surface area contributed by atoms with E-state index in [1.54, 1.807) is 0 Å². The van der Waals surface area contributed by atoms with Gasteiger partial charge in [0.15, 0.2) is 4.07 Å². The molecule has 1 nitrogen and oxygen atoms in total. The van der Waals surface area contributed by atoms with E-state index in [1.165, 1.54) is 0 Å². The lowest BCUT2D eigenvalue weighted by Gasteiger charge is -2.19. The van der Waals surface area contributed by atoms with Crippen molar-refractivity contribution in [2.75, 3.05) is 5.88 Å². The summed E-state index contributed by atoms with van der Waals surface area (Å²) in [5.41, 5.74) is 0. The molecule has 0 aliphatic heterocycles. The van der Waals surface area contributed by atoms with E-state index in [2.05, 4.69) is 0 Å². The third kappa shape index (κ3) is 4.79. The highest BCUT2D eigenvalue weighted by atomic mass is 35.9. The van der Waals surface area contributed by atoms with Gasteiger partial charge in [-0.05, 0) is 41.7 Å². The minimum atomic E-state index is -3.48. The van der Waals surface area contributed by atoms with Crippen molar-refractivity contribution in [3.8, 4) is 0 Å². The summed E-state index contributed by atoms with van der Waals surface area (Å²) in [5.74, 6) is -2.96. The van der Waals surface area contributed by atoms with E-state index in [1.807, 2.05) is 0 Å². The first-order chi connectivity index (χ1) is 5.31. The molecule has 74 valence electrons. The standard InChI is InChI=1S/C5H8Cl5OP/c6-4-2-1-3-5(7,8)12(9,10)11/h1-4H2. The SMILES string of the molecule is O=P(Cl)(Cl)C(Cl)(Cl)CCCCCl. The van der Waals surface area contributed by atoms with Gasteiger partial charge in [0.1, 0.15) is 0 Å². The lowest BCUT2D eigenvalue weighted by molar-refractivity contribution is 0.582. The molecule has 0 heterocycles. The highest BCUT2D eigenvalue weighted by Crippen LogP contribution is 2.72. The van der Waals surface area contributed by atoms with E-state index in [0.717, 1.165) is 6.42 Å². The quantitative estimate of drug-likeness (QED) is 0.387. The minimum Gasteiger partial charge on any atom is -0.286 e. The molecule has 0 rings (SSSR count). The third-order valence-electron chi connectivity index (χ3n) is 1.24. The van der Waals surface area contributed by atoms with Crippen LogP contribution in [0.2, 0.25) is 0 Å². The van der Waals surface area contributed by atoms with Gasteiger partial charge in [-0.2, -0.15) is 0 Å². The van der Waals surface area contributed by atoms with Gasteiger partial charge < -0.3 is 0 Å². The van der Waals surface area contributed by atoms with Gasteiger partial charge in [0, 0.05) is 5.88 Å². The Balaban J connectivity index is 3.97. The van der Waals surface area contributed by atoms with Gasteiger partial charge in [-0.3, -0.25) is 4.57 Å². The van der Waals surface area contributed by atoms with Crippen molar-refractivity contribution < 1.29 is 4.57 Å². The van der Waals surface area contributed by atoms with Crippen LogP contribution in [0.5, 0.6) is 0 Å². The fourth-order valence-electron chi connectivity index (χ4n) is 0.562. The molecule has 0 saturated carbocycles. The second-order valence-electron chi connectivity index (χ2n) is 2.27. The van der Waals surface area contributed by atoms with Crippen LogP contribution in [0.3, 0.4) is 0 Å². The zero-order valence-electron chi connectivity index (χ0n) is 6.07. The van der Waals surface area contributed by atoms with Crippen LogP contribution in [0.15, 0.2) is 0 Å². The Hall–Kier alpha value is 1.68. The van der Waals surface area contributed by atoms with Crippen molar-refractivity contribution in [3.63, 3.8) is 0 Å². The van der Waals surface area contributed by atoms with Crippen LogP contribution in [0, 0.1) is 0 Å². The van der Waals surface area contributed by atoms with Gasteiger partial charge in [-0.15, -0.1) is 11.6 Å². The number of unbranched alkanes of at least 4 members (excludes halogenated alkanes) is 1. The first-order valence-corrected chi connectivity index (χ1v) is 8.05. The Bertz CT molecular complexity index is 177. The molecule has 0 spiro atoms. The minimum absolute atomic E-state index is 0.285. The zero-order valence-corrected chi connectivity index (χ0v) is 10.7. The number of hydrogen-bond acceptors (Lipinski definition) is 1. The average molecular weight is 292 g/mol. The maximum atomic E-state index is 11.1. The molecular weight excluding hydrogens is 284 g/mol. The molecule has 0 N–H and O–H groups in total. The summed E-state index contributed by atoms with van der Waals surface area (Å²) >= 11 is 27.4. The molecule has 7 heteroatoms. The van der Waals surface area contributed by atoms with Crippen LogP contribution in [0.25, 0.3) is 0 Å². The summed E-state index contributed by atoms with van der Waals surface area (Å²) in [4.78, 5) is 0. The fraction of sp³-hybridized carbons (Fsp3) is 1.00. The molecule has 0 fully saturated rings. The Kier molecular flexibility index (Phi) is 6.31. The highest BCUT2D eigenvalue weighted by Gasteiger charge is 2.42. The summed E-state index contributed by atoms with van der Waals surface area (Å²) in [6.07, 6.45) is 1.68. The number of halogens is 5. The van der Waals surface area contributed by atoms with E-state index >= 15 is 0 Å². The third-order valence-corrected chi connectivity index (χ3v) is 7.07. The Morgan fingerprint density at radius 3 is 2.00 bits per heavy atom. The highest BCUT2D eigenvalue weighted by molar-refractivity contribution is 8.11. The summed E-state index contributed by atoms with van der Waals surface area (Å²) in [7, 11) is 0. The lowest BCUT2D eigenvalue weighted by Crippen LogP contribution is -2.07. The molecular formula is C5H8Cl5OP. The van der Waals surface area contributed by atoms with Crippen LogP contribution < -0.4 is 0 Å². The topological polar surface area (TPSA) is 17.1 Å². The van der Waals surface area contributed by atoms with Crippen LogP contribution in [0.1, 0.15) is 19.3 Å². The largest absolute Gasteiger partial charge is 0.287 e. The lowest BCUT2D eigenvalue weighted by atomic mass is 10.3. The molecule has 0 aromatic rings. The molecule has 0 aliphatic rings. The summed E-state index contributed by atoms with van der Waals surface area (Å²) < 4.78 is 9.52. The van der Waals surface area contributed by atoms with Crippen molar-refractivity contribution >= 4 is 63.1 Å². The second-order valence-corrected chi connectivity index (χ2v) is 9.73. The Morgan fingerprint density at radius 2 is 1.67 bits per heavy atom. The molecule has 0 unspecified atom stereocenters. The van der Waals surface area contributed by atoms with E-state index < -0.39 is 9.92 Å². The van der Waals surface area contributed by atoms with E-state index in [9.17, 15) is 4.57 Å². The van der Waals surface area contributed by atoms with Crippen molar-refractivity contribution in [2.24, 2.45) is 0 Å². The normalized spacial score (nSPS) is 13.4. The average Bonchev–Trinajstić information content (AvgIpc) is 1.85. The zero-order chi connectivity index (χ0) is 9.83. The molecule has 12 heavy (non-hydrogen) atoms. The van der Waals surface area contributed by atoms with E-state index in [0.29, 0.717) is 12.3 Å². The van der Waals surface area contributed by atoms with Crippen LogP contribution >= 0.6 is 63.1 Å². The molecule has 0 atom stereocenters. The Morgan fingerprint density at radius 1 is 1.17 bits per heavy atom. The Labute approximate surface area is 96.6 Å². The van der Waals surface area contributed by atoms with Gasteiger partial charge >= 0.3 is 0 Å². The molecule has 0 amide bonds. The van der Waals surface area contributed by atoms with Gasteiger partial charge in [0.2, 0.25) is 0 Å². The maximum Gasteiger partial charge on any atom is 0.287 e. The summed E-state index contributed by atoms with van der Waals surface area (Å²) in [6.45, 7) is 0. The van der Waals surface area contributed by atoms with Gasteiger partial charge in [0.05, 0.1) is 0 Å². The first-order valence-electron chi connectivity index (χ1n) is 3.24. The first kappa shape index (κ1) is 13.7. The van der Waals surface area contributed by atoms with E-state index in [4.69, 9.17) is 57.3 Å². The summed E-state index contributed by atoms with van der Waals surface area (Å²) in [5, 5.41) is 0. The molecule has 0 aromatic heterocycles. The van der Waals surface area contributed by atoms with Gasteiger partial charge in [-0.1, -0.05) is 23.2 Å².